The van der Waals surface area contributed by atoms with Crippen LogP contribution in [-0.2, 0) is 11.8 Å². The van der Waals surface area contributed by atoms with Crippen LogP contribution in [-0.4, -0.2) is 6.10 Å². The van der Waals surface area contributed by atoms with Crippen LogP contribution in [0.15, 0.2) is 12.1 Å². The Labute approximate surface area is 119 Å². The first kappa shape index (κ1) is 16.1. The minimum atomic E-state index is 0.184. The average molecular weight is 262 g/mol. The molecule has 0 heterocycles. The molecule has 1 nitrogen and oxygen atoms in total. The molecule has 0 bridgehead atoms. The van der Waals surface area contributed by atoms with Gasteiger partial charge in [0.2, 0.25) is 0 Å². The molecule has 0 aliphatic heterocycles. The molecule has 1 rings (SSSR count). The molecule has 0 saturated carbocycles. The van der Waals surface area contributed by atoms with Gasteiger partial charge in [-0.2, -0.15) is 0 Å². The van der Waals surface area contributed by atoms with E-state index in [1.807, 2.05) is 0 Å². The van der Waals surface area contributed by atoms with Crippen LogP contribution >= 0.6 is 0 Å². The highest BCUT2D eigenvalue weighted by molar-refractivity contribution is 5.48. The second-order valence-electron chi connectivity index (χ2n) is 6.98. The van der Waals surface area contributed by atoms with Gasteiger partial charge in [0.15, 0.2) is 0 Å². The third-order valence-corrected chi connectivity index (χ3v) is 3.42. The Hall–Kier alpha value is -0.980. The molecule has 1 aromatic rings. The second-order valence-corrected chi connectivity index (χ2v) is 6.98. The number of hydrogen-bond donors (Lipinski definition) is 0. The van der Waals surface area contributed by atoms with E-state index < -0.39 is 0 Å². The summed E-state index contributed by atoms with van der Waals surface area (Å²) in [5.41, 5.74) is 4.27. The summed E-state index contributed by atoms with van der Waals surface area (Å²) in [5.74, 6) is 1.60. The van der Waals surface area contributed by atoms with E-state index in [-0.39, 0.29) is 11.5 Å². The summed E-state index contributed by atoms with van der Waals surface area (Å²) in [7, 11) is 0. The number of aryl methyl sites for hydroxylation is 1. The van der Waals surface area contributed by atoms with Gasteiger partial charge in [0, 0.05) is 0 Å². The van der Waals surface area contributed by atoms with Gasteiger partial charge in [-0.05, 0) is 48.3 Å². The van der Waals surface area contributed by atoms with Gasteiger partial charge in [0.25, 0.3) is 0 Å². The van der Waals surface area contributed by atoms with Crippen molar-refractivity contribution in [2.75, 3.05) is 0 Å². The summed E-state index contributed by atoms with van der Waals surface area (Å²) in [6.45, 7) is 17.7. The fourth-order valence-electron chi connectivity index (χ4n) is 2.22. The maximum absolute atomic E-state index is 6.10. The Kier molecular flexibility index (Phi) is 5.06. The molecule has 0 unspecified atom stereocenters. The van der Waals surface area contributed by atoms with Gasteiger partial charge in [0.1, 0.15) is 5.75 Å². The quantitative estimate of drug-likeness (QED) is 0.700. The van der Waals surface area contributed by atoms with Gasteiger partial charge in [-0.1, -0.05) is 53.7 Å². The first-order chi connectivity index (χ1) is 8.66. The monoisotopic (exact) mass is 262 g/mol. The highest BCUT2D eigenvalue weighted by Crippen LogP contribution is 2.36. The predicted molar refractivity (Wildman–Crippen MR) is 84.4 cm³/mol. The fraction of sp³-hybridized carbons (Fsp3) is 0.667. The molecular weight excluding hydrogens is 232 g/mol. The van der Waals surface area contributed by atoms with E-state index in [2.05, 4.69) is 67.5 Å². The molecule has 1 aromatic carbocycles. The van der Waals surface area contributed by atoms with E-state index in [1.165, 1.54) is 16.7 Å². The SMILES string of the molecule is CCc1cc(C(C)(C)C)cc(C(C)C)c1OC(C)C. The molecule has 0 aromatic heterocycles. The van der Waals surface area contributed by atoms with E-state index in [9.17, 15) is 0 Å². The summed E-state index contributed by atoms with van der Waals surface area (Å²) >= 11 is 0. The minimum Gasteiger partial charge on any atom is -0.490 e. The minimum absolute atomic E-state index is 0.184. The van der Waals surface area contributed by atoms with Crippen molar-refractivity contribution >= 4 is 0 Å². The van der Waals surface area contributed by atoms with Gasteiger partial charge in [0.05, 0.1) is 6.10 Å². The molecule has 0 atom stereocenters. The van der Waals surface area contributed by atoms with Crippen LogP contribution in [0.2, 0.25) is 0 Å². The van der Waals surface area contributed by atoms with Crippen molar-refractivity contribution in [1.29, 1.82) is 0 Å². The second kappa shape index (κ2) is 5.98. The van der Waals surface area contributed by atoms with Crippen molar-refractivity contribution in [3.05, 3.63) is 28.8 Å². The average Bonchev–Trinajstić information content (AvgIpc) is 2.26. The van der Waals surface area contributed by atoms with Crippen LogP contribution in [0, 0.1) is 0 Å². The summed E-state index contributed by atoms with van der Waals surface area (Å²) in [6, 6.07) is 4.66. The molecule has 108 valence electrons. The summed E-state index contributed by atoms with van der Waals surface area (Å²) in [5, 5.41) is 0. The van der Waals surface area contributed by atoms with Crippen LogP contribution in [0.3, 0.4) is 0 Å². The highest BCUT2D eigenvalue weighted by Gasteiger charge is 2.20. The lowest BCUT2D eigenvalue weighted by Gasteiger charge is -2.26. The van der Waals surface area contributed by atoms with E-state index in [0.29, 0.717) is 5.92 Å². The van der Waals surface area contributed by atoms with Gasteiger partial charge in [-0.15, -0.1) is 0 Å². The van der Waals surface area contributed by atoms with Crippen molar-refractivity contribution < 1.29 is 4.74 Å². The third-order valence-electron chi connectivity index (χ3n) is 3.42. The summed E-state index contributed by atoms with van der Waals surface area (Å²) in [6.07, 6.45) is 1.24. The maximum atomic E-state index is 6.10. The molecule has 1 heteroatoms. The standard InChI is InChI=1S/C18H30O/c1-9-14-10-15(18(6,7)8)11-16(12(2)3)17(14)19-13(4)5/h10-13H,9H2,1-8H3. The molecule has 0 spiro atoms. The predicted octanol–water partition coefficient (Wildman–Crippen LogP) is 5.46. The zero-order valence-electron chi connectivity index (χ0n) is 13.9. The normalized spacial score (nSPS) is 12.3. The van der Waals surface area contributed by atoms with E-state index in [4.69, 9.17) is 4.74 Å². The smallest absolute Gasteiger partial charge is 0.126 e. The van der Waals surface area contributed by atoms with Crippen molar-refractivity contribution in [2.45, 2.75) is 79.2 Å². The van der Waals surface area contributed by atoms with Crippen molar-refractivity contribution in [3.63, 3.8) is 0 Å². The maximum Gasteiger partial charge on any atom is 0.126 e. The lowest BCUT2D eigenvalue weighted by molar-refractivity contribution is 0.236. The number of rotatable bonds is 4. The Bertz CT molecular complexity index is 422. The Balaban J connectivity index is 3.44. The van der Waals surface area contributed by atoms with Crippen molar-refractivity contribution in [2.24, 2.45) is 0 Å². The topological polar surface area (TPSA) is 9.23 Å². The van der Waals surface area contributed by atoms with Gasteiger partial charge in [-0.25, -0.2) is 0 Å². The number of hydrogen-bond acceptors (Lipinski definition) is 1. The highest BCUT2D eigenvalue weighted by atomic mass is 16.5. The summed E-state index contributed by atoms with van der Waals surface area (Å²) < 4.78 is 6.10. The molecule has 0 N–H and O–H groups in total. The Morgan fingerprint density at radius 2 is 1.63 bits per heavy atom. The zero-order chi connectivity index (χ0) is 14.8. The van der Waals surface area contributed by atoms with E-state index in [0.717, 1.165) is 12.2 Å². The fourth-order valence-corrected chi connectivity index (χ4v) is 2.22. The van der Waals surface area contributed by atoms with Gasteiger partial charge in [-0.3, -0.25) is 0 Å². The molecule has 0 fully saturated rings. The van der Waals surface area contributed by atoms with E-state index >= 15 is 0 Å². The molecule has 0 saturated heterocycles. The molecule has 0 aliphatic carbocycles. The Morgan fingerprint density at radius 1 is 1.05 bits per heavy atom. The Morgan fingerprint density at radius 3 is 2.00 bits per heavy atom. The molecule has 0 radical (unpaired) electrons. The first-order valence-corrected chi connectivity index (χ1v) is 7.50. The third kappa shape index (κ3) is 3.99. The molecule has 19 heavy (non-hydrogen) atoms. The summed E-state index contributed by atoms with van der Waals surface area (Å²) in [4.78, 5) is 0. The lowest BCUT2D eigenvalue weighted by atomic mass is 9.82. The zero-order valence-corrected chi connectivity index (χ0v) is 13.9. The lowest BCUT2D eigenvalue weighted by Crippen LogP contribution is -2.15. The van der Waals surface area contributed by atoms with Crippen LogP contribution in [0.25, 0.3) is 0 Å². The number of benzene rings is 1. The van der Waals surface area contributed by atoms with Crippen molar-refractivity contribution in [3.8, 4) is 5.75 Å². The van der Waals surface area contributed by atoms with E-state index in [1.54, 1.807) is 0 Å². The van der Waals surface area contributed by atoms with Gasteiger partial charge >= 0.3 is 0 Å². The van der Waals surface area contributed by atoms with Crippen LogP contribution in [0.4, 0.5) is 0 Å². The first-order valence-electron chi connectivity index (χ1n) is 7.50. The van der Waals surface area contributed by atoms with Crippen LogP contribution in [0.5, 0.6) is 5.75 Å². The van der Waals surface area contributed by atoms with Crippen LogP contribution < -0.4 is 4.74 Å². The molecular formula is C18H30O. The van der Waals surface area contributed by atoms with Crippen LogP contribution in [0.1, 0.15) is 78.0 Å². The van der Waals surface area contributed by atoms with Gasteiger partial charge < -0.3 is 4.74 Å². The molecule has 0 amide bonds. The molecule has 0 aliphatic rings. The number of ether oxygens (including phenoxy) is 1. The largest absolute Gasteiger partial charge is 0.490 e. The van der Waals surface area contributed by atoms with Crippen molar-refractivity contribution in [1.82, 2.24) is 0 Å².